The van der Waals surface area contributed by atoms with E-state index in [4.69, 9.17) is 0 Å². The maximum atomic E-state index is 12.9. The van der Waals surface area contributed by atoms with E-state index < -0.39 is 10.0 Å². The maximum Gasteiger partial charge on any atom is 0.241 e. The van der Waals surface area contributed by atoms with Gasteiger partial charge in [-0.25, -0.2) is 13.1 Å². The third kappa shape index (κ3) is 4.15. The molecule has 0 saturated heterocycles. The fourth-order valence-electron chi connectivity index (χ4n) is 2.54. The maximum absolute atomic E-state index is 12.9. The Labute approximate surface area is 158 Å². The summed E-state index contributed by atoms with van der Waals surface area (Å²) in [6.07, 6.45) is 0. The molecule has 142 valence electrons. The lowest BCUT2D eigenvalue weighted by Gasteiger charge is -2.16. The van der Waals surface area contributed by atoms with Gasteiger partial charge in [0.15, 0.2) is 5.82 Å². The summed E-state index contributed by atoms with van der Waals surface area (Å²) in [6, 6.07) is 12.6. The molecule has 0 aliphatic carbocycles. The summed E-state index contributed by atoms with van der Waals surface area (Å²) in [5, 5.41) is 1.54. The Morgan fingerprint density at radius 3 is 2.07 bits per heavy atom. The lowest BCUT2D eigenvalue weighted by molar-refractivity contribution is 0.580. The molecule has 1 heterocycles. The van der Waals surface area contributed by atoms with Gasteiger partial charge in [-0.05, 0) is 11.5 Å². The van der Waals surface area contributed by atoms with Crippen LogP contribution in [-0.4, -0.2) is 51.6 Å². The predicted octanol–water partition coefficient (Wildman–Crippen LogP) is 1.64. The monoisotopic (exact) mass is 386 g/mol. The molecule has 2 aromatic carbocycles. The van der Waals surface area contributed by atoms with Gasteiger partial charge in [-0.3, -0.25) is 0 Å². The van der Waals surface area contributed by atoms with Crippen molar-refractivity contribution in [3.8, 4) is 0 Å². The molecule has 0 spiro atoms. The topological polar surface area (TPSA) is 91.3 Å². The number of benzene rings is 2. The minimum absolute atomic E-state index is 0.0320. The van der Waals surface area contributed by atoms with Crippen LogP contribution in [0.2, 0.25) is 0 Å². The largest absolute Gasteiger partial charge is 0.347 e. The molecule has 0 saturated carbocycles. The minimum atomic E-state index is -3.73. The highest BCUT2D eigenvalue weighted by Gasteiger charge is 2.18. The number of aromatic nitrogens is 3. The summed E-state index contributed by atoms with van der Waals surface area (Å²) >= 11 is 0. The molecule has 0 fully saturated rings. The highest BCUT2D eigenvalue weighted by molar-refractivity contribution is 7.89. The second kappa shape index (κ2) is 7.45. The molecule has 1 N–H and O–H groups in total. The van der Waals surface area contributed by atoms with Gasteiger partial charge in [0.05, 0.1) is 11.4 Å². The lowest BCUT2D eigenvalue weighted by atomic mass is 10.1. The average molecular weight is 386 g/mol. The van der Waals surface area contributed by atoms with Gasteiger partial charge in [-0.1, -0.05) is 36.4 Å². The van der Waals surface area contributed by atoms with Gasteiger partial charge in [0, 0.05) is 33.6 Å². The van der Waals surface area contributed by atoms with Crippen molar-refractivity contribution >= 4 is 32.7 Å². The zero-order chi connectivity index (χ0) is 19.6. The van der Waals surface area contributed by atoms with Crippen LogP contribution in [0.3, 0.4) is 0 Å². The number of nitrogens with zero attached hydrogens (tertiary/aromatic N) is 5. The number of sulfonamides is 1. The molecule has 0 unspecified atom stereocenters. The fourth-order valence-corrected chi connectivity index (χ4v) is 3.75. The van der Waals surface area contributed by atoms with Crippen molar-refractivity contribution in [2.45, 2.75) is 11.4 Å². The summed E-state index contributed by atoms with van der Waals surface area (Å²) in [5.41, 5.74) is 0. The predicted molar refractivity (Wildman–Crippen MR) is 106 cm³/mol. The summed E-state index contributed by atoms with van der Waals surface area (Å²) in [7, 11) is 3.54. The molecular formula is C18H22N6O2S. The molecule has 1 aromatic heterocycles. The Balaban J connectivity index is 1.91. The van der Waals surface area contributed by atoms with Crippen molar-refractivity contribution in [3.05, 3.63) is 48.3 Å². The quantitative estimate of drug-likeness (QED) is 0.688. The van der Waals surface area contributed by atoms with Gasteiger partial charge >= 0.3 is 0 Å². The number of nitrogens with one attached hydrogen (secondary N) is 1. The first-order valence-corrected chi connectivity index (χ1v) is 9.83. The SMILES string of the molecule is CN(C)c1nc(CNS(=O)(=O)c2cccc3ccccc23)nc(N(C)C)n1. The van der Waals surface area contributed by atoms with Gasteiger partial charge in [-0.15, -0.1) is 0 Å². The number of fused-ring (bicyclic) bond motifs is 1. The van der Waals surface area contributed by atoms with Crippen LogP contribution in [0, 0.1) is 0 Å². The third-order valence-electron chi connectivity index (χ3n) is 3.92. The van der Waals surface area contributed by atoms with Crippen molar-refractivity contribution in [1.82, 2.24) is 19.7 Å². The van der Waals surface area contributed by atoms with Crippen LogP contribution < -0.4 is 14.5 Å². The van der Waals surface area contributed by atoms with Crippen molar-refractivity contribution in [2.75, 3.05) is 38.0 Å². The van der Waals surface area contributed by atoms with E-state index in [1.807, 2.05) is 52.5 Å². The number of hydrogen-bond acceptors (Lipinski definition) is 7. The van der Waals surface area contributed by atoms with Gasteiger partial charge in [-0.2, -0.15) is 15.0 Å². The second-order valence-electron chi connectivity index (χ2n) is 6.44. The van der Waals surface area contributed by atoms with Crippen LogP contribution in [0.25, 0.3) is 10.8 Å². The first-order chi connectivity index (χ1) is 12.8. The summed E-state index contributed by atoms with van der Waals surface area (Å²) in [6.45, 7) is -0.0320. The molecule has 9 heteroatoms. The Kier molecular flexibility index (Phi) is 5.24. The van der Waals surface area contributed by atoms with Crippen LogP contribution in [0.15, 0.2) is 47.4 Å². The standard InChI is InChI=1S/C18H22N6O2S/c1-23(2)17-20-16(21-18(22-17)24(3)4)12-19-27(25,26)15-11-7-9-13-8-5-6-10-14(13)15/h5-11,19H,12H2,1-4H3. The van der Waals surface area contributed by atoms with Gasteiger partial charge in [0.1, 0.15) is 0 Å². The Morgan fingerprint density at radius 1 is 0.852 bits per heavy atom. The number of hydrogen-bond donors (Lipinski definition) is 1. The van der Waals surface area contributed by atoms with Crippen LogP contribution in [0.5, 0.6) is 0 Å². The first-order valence-electron chi connectivity index (χ1n) is 8.35. The van der Waals surface area contributed by atoms with E-state index in [2.05, 4.69) is 19.7 Å². The second-order valence-corrected chi connectivity index (χ2v) is 8.18. The van der Waals surface area contributed by atoms with Crippen molar-refractivity contribution in [3.63, 3.8) is 0 Å². The van der Waals surface area contributed by atoms with Crippen molar-refractivity contribution in [1.29, 1.82) is 0 Å². The van der Waals surface area contributed by atoms with Gasteiger partial charge < -0.3 is 9.80 Å². The normalized spacial score (nSPS) is 11.6. The van der Waals surface area contributed by atoms with E-state index in [-0.39, 0.29) is 11.4 Å². The summed E-state index contributed by atoms with van der Waals surface area (Å²) in [5.74, 6) is 1.28. The molecule has 27 heavy (non-hydrogen) atoms. The Bertz CT molecular complexity index is 1030. The molecule has 3 aromatic rings. The van der Waals surface area contributed by atoms with Crippen LogP contribution in [-0.2, 0) is 16.6 Å². The Morgan fingerprint density at radius 2 is 1.44 bits per heavy atom. The third-order valence-corrected chi connectivity index (χ3v) is 5.38. The van der Waals surface area contributed by atoms with Crippen molar-refractivity contribution in [2.24, 2.45) is 0 Å². The Hall–Kier alpha value is -2.78. The highest BCUT2D eigenvalue weighted by Crippen LogP contribution is 2.22. The van der Waals surface area contributed by atoms with E-state index in [1.54, 1.807) is 28.0 Å². The summed E-state index contributed by atoms with van der Waals surface area (Å²) in [4.78, 5) is 16.7. The van der Waals surface area contributed by atoms with E-state index in [0.29, 0.717) is 23.1 Å². The van der Waals surface area contributed by atoms with Crippen LogP contribution >= 0.6 is 0 Å². The molecule has 0 bridgehead atoms. The lowest BCUT2D eigenvalue weighted by Crippen LogP contribution is -2.26. The smallest absolute Gasteiger partial charge is 0.241 e. The van der Waals surface area contributed by atoms with Crippen molar-refractivity contribution < 1.29 is 8.42 Å². The average Bonchev–Trinajstić information content (AvgIpc) is 2.65. The van der Waals surface area contributed by atoms with E-state index >= 15 is 0 Å². The zero-order valence-electron chi connectivity index (χ0n) is 15.7. The summed E-state index contributed by atoms with van der Waals surface area (Å²) < 4.78 is 28.3. The molecule has 0 aliphatic rings. The van der Waals surface area contributed by atoms with Crippen LogP contribution in [0.4, 0.5) is 11.9 Å². The number of rotatable bonds is 6. The molecule has 0 radical (unpaired) electrons. The molecule has 0 aliphatic heterocycles. The number of anilines is 2. The fraction of sp³-hybridized carbons (Fsp3) is 0.278. The van der Waals surface area contributed by atoms with E-state index in [0.717, 1.165) is 5.39 Å². The minimum Gasteiger partial charge on any atom is -0.347 e. The van der Waals surface area contributed by atoms with E-state index in [9.17, 15) is 8.42 Å². The molecule has 0 atom stereocenters. The van der Waals surface area contributed by atoms with Crippen LogP contribution in [0.1, 0.15) is 5.82 Å². The van der Waals surface area contributed by atoms with E-state index in [1.165, 1.54) is 0 Å². The molecular weight excluding hydrogens is 364 g/mol. The molecule has 3 rings (SSSR count). The van der Waals surface area contributed by atoms with Gasteiger partial charge in [0.2, 0.25) is 21.9 Å². The van der Waals surface area contributed by atoms with Gasteiger partial charge in [0.25, 0.3) is 0 Å². The molecule has 8 nitrogen and oxygen atoms in total. The molecule has 0 amide bonds. The highest BCUT2D eigenvalue weighted by atomic mass is 32.2. The zero-order valence-corrected chi connectivity index (χ0v) is 16.5. The first kappa shape index (κ1) is 19.0.